The van der Waals surface area contributed by atoms with Gasteiger partial charge in [-0.1, -0.05) is 0 Å². The second-order valence-corrected chi connectivity index (χ2v) is 9.05. The second kappa shape index (κ2) is 9.09. The fraction of sp³-hybridized carbons (Fsp3) is 0.364. The van der Waals surface area contributed by atoms with Gasteiger partial charge in [-0.2, -0.15) is 0 Å². The van der Waals surface area contributed by atoms with Gasteiger partial charge < -0.3 is 31.8 Å². The van der Waals surface area contributed by atoms with Crippen molar-refractivity contribution in [1.82, 2.24) is 14.9 Å². The number of carbonyl (C=O) groups is 1. The average molecular weight is 454 g/mol. The molecule has 10 heteroatoms. The highest BCUT2D eigenvalue weighted by Gasteiger charge is 2.30. The van der Waals surface area contributed by atoms with Gasteiger partial charge in [-0.15, -0.1) is 11.3 Å². The van der Waals surface area contributed by atoms with E-state index >= 15 is 0 Å². The maximum absolute atomic E-state index is 12.5. The van der Waals surface area contributed by atoms with Crippen LogP contribution in [0.25, 0.3) is 10.2 Å². The first kappa shape index (κ1) is 22.0. The molecule has 1 aliphatic carbocycles. The summed E-state index contributed by atoms with van der Waals surface area (Å²) in [6, 6.07) is 3.46. The van der Waals surface area contributed by atoms with Gasteiger partial charge in [-0.25, -0.2) is 9.97 Å². The minimum Gasteiger partial charge on any atom is -0.490 e. The molecule has 0 bridgehead atoms. The third-order valence-electron chi connectivity index (χ3n) is 5.60. The lowest BCUT2D eigenvalue weighted by atomic mass is 9.87. The third-order valence-corrected chi connectivity index (χ3v) is 6.77. The number of fused-ring (bicyclic) bond motifs is 3. The van der Waals surface area contributed by atoms with E-state index in [-0.39, 0.29) is 11.8 Å². The van der Waals surface area contributed by atoms with Gasteiger partial charge in [0.2, 0.25) is 5.91 Å². The quantitative estimate of drug-likeness (QED) is 0.318. The summed E-state index contributed by atoms with van der Waals surface area (Å²) in [5.41, 5.74) is 14.5. The maximum atomic E-state index is 12.5. The molecular weight excluding hydrogens is 426 g/mol. The van der Waals surface area contributed by atoms with Crippen LogP contribution in [-0.2, 0) is 17.6 Å². The summed E-state index contributed by atoms with van der Waals surface area (Å²) >= 11 is 1.62. The number of amides is 1. The largest absolute Gasteiger partial charge is 0.490 e. The van der Waals surface area contributed by atoms with Gasteiger partial charge in [0, 0.05) is 55.0 Å². The Balaban J connectivity index is 1.73. The summed E-state index contributed by atoms with van der Waals surface area (Å²) < 4.78 is 5.78. The molecule has 2 heterocycles. The van der Waals surface area contributed by atoms with Crippen molar-refractivity contribution in [2.45, 2.75) is 19.3 Å². The van der Waals surface area contributed by atoms with Crippen molar-refractivity contribution in [1.29, 1.82) is 5.41 Å². The number of hydrogen-bond acceptors (Lipinski definition) is 9. The van der Waals surface area contributed by atoms with E-state index in [2.05, 4.69) is 15.3 Å². The molecule has 168 valence electrons. The van der Waals surface area contributed by atoms with Crippen molar-refractivity contribution >= 4 is 50.9 Å². The number of rotatable bonds is 7. The Morgan fingerprint density at radius 3 is 2.94 bits per heavy atom. The predicted molar refractivity (Wildman–Crippen MR) is 128 cm³/mol. The minimum absolute atomic E-state index is 0.00144. The summed E-state index contributed by atoms with van der Waals surface area (Å²) in [7, 11) is 3.60. The standard InChI is InChI=1S/C22H27N7O2S/c1-29(2)22(30)12-3-4-14-18(8-12)32-21-19(14)20(26-11-27-21)28-16-7-13(10-24)15(25)9-17(16)31-6-5-23/h7,9-12,24H,3-6,8,23,25H2,1-2H3,(H,26,27,28)/t12-/m0/s1. The topological polar surface area (TPSA) is 143 Å². The molecule has 1 aliphatic rings. The van der Waals surface area contributed by atoms with Gasteiger partial charge in [0.15, 0.2) is 0 Å². The van der Waals surface area contributed by atoms with Crippen LogP contribution < -0.4 is 21.5 Å². The van der Waals surface area contributed by atoms with E-state index in [1.54, 1.807) is 42.5 Å². The summed E-state index contributed by atoms with van der Waals surface area (Å²) in [6.45, 7) is 0.709. The number of nitrogens with zero attached hydrogens (tertiary/aromatic N) is 3. The van der Waals surface area contributed by atoms with Crippen molar-refractivity contribution in [3.05, 3.63) is 34.5 Å². The zero-order valence-electron chi connectivity index (χ0n) is 18.1. The molecule has 0 aliphatic heterocycles. The van der Waals surface area contributed by atoms with Crippen LogP contribution in [0.4, 0.5) is 17.2 Å². The molecule has 0 saturated carbocycles. The first-order valence-electron chi connectivity index (χ1n) is 10.4. The number of nitrogens with one attached hydrogen (secondary N) is 2. The number of benzene rings is 1. The highest BCUT2D eigenvalue weighted by atomic mass is 32.1. The van der Waals surface area contributed by atoms with Crippen molar-refractivity contribution in [3.8, 4) is 5.75 Å². The Morgan fingerprint density at radius 1 is 1.41 bits per heavy atom. The van der Waals surface area contributed by atoms with E-state index < -0.39 is 0 Å². The smallest absolute Gasteiger partial charge is 0.225 e. The zero-order chi connectivity index (χ0) is 22.8. The highest BCUT2D eigenvalue weighted by Crippen LogP contribution is 2.41. The lowest BCUT2D eigenvalue weighted by molar-refractivity contribution is -0.133. The van der Waals surface area contributed by atoms with E-state index in [1.165, 1.54) is 23.0 Å². The summed E-state index contributed by atoms with van der Waals surface area (Å²) in [4.78, 5) is 25.2. The summed E-state index contributed by atoms with van der Waals surface area (Å²) in [5, 5.41) is 12.0. The number of carbonyl (C=O) groups excluding carboxylic acids is 1. The number of hydrogen-bond donors (Lipinski definition) is 4. The van der Waals surface area contributed by atoms with E-state index in [9.17, 15) is 4.79 Å². The Bertz CT molecular complexity index is 1170. The third kappa shape index (κ3) is 4.11. The van der Waals surface area contributed by atoms with Crippen LogP contribution >= 0.6 is 11.3 Å². The number of ether oxygens (including phenoxy) is 1. The van der Waals surface area contributed by atoms with Gasteiger partial charge in [0.05, 0.1) is 11.1 Å². The number of thiophene rings is 1. The van der Waals surface area contributed by atoms with Crippen molar-refractivity contribution in [2.75, 3.05) is 38.3 Å². The molecule has 0 saturated heterocycles. The molecule has 32 heavy (non-hydrogen) atoms. The minimum atomic E-state index is -0.00144. The molecule has 0 spiro atoms. The van der Waals surface area contributed by atoms with Crippen molar-refractivity contribution in [3.63, 3.8) is 0 Å². The van der Waals surface area contributed by atoms with Gasteiger partial charge >= 0.3 is 0 Å². The Morgan fingerprint density at radius 2 is 2.22 bits per heavy atom. The molecule has 3 aromatic rings. The average Bonchev–Trinajstić information content (AvgIpc) is 3.16. The molecule has 4 rings (SSSR count). The normalized spacial score (nSPS) is 15.3. The van der Waals surface area contributed by atoms with Gasteiger partial charge in [0.25, 0.3) is 0 Å². The monoisotopic (exact) mass is 453 g/mol. The zero-order valence-corrected chi connectivity index (χ0v) is 19.0. The van der Waals surface area contributed by atoms with Gasteiger partial charge in [0.1, 0.15) is 29.3 Å². The van der Waals surface area contributed by atoms with Crippen LogP contribution in [0.15, 0.2) is 18.5 Å². The van der Waals surface area contributed by atoms with Crippen LogP contribution in [0, 0.1) is 11.3 Å². The van der Waals surface area contributed by atoms with Crippen LogP contribution in [-0.4, -0.2) is 54.2 Å². The van der Waals surface area contributed by atoms with E-state index in [0.717, 1.165) is 29.5 Å². The first-order valence-corrected chi connectivity index (χ1v) is 11.2. The molecule has 0 unspecified atom stereocenters. The predicted octanol–water partition coefficient (Wildman–Crippen LogP) is 2.55. The van der Waals surface area contributed by atoms with Crippen LogP contribution in [0.2, 0.25) is 0 Å². The van der Waals surface area contributed by atoms with E-state index in [4.69, 9.17) is 21.6 Å². The molecule has 6 N–H and O–H groups in total. The molecule has 1 aromatic carbocycles. The molecule has 0 radical (unpaired) electrons. The summed E-state index contributed by atoms with van der Waals surface area (Å²) in [5.74, 6) is 1.38. The lowest BCUT2D eigenvalue weighted by Crippen LogP contribution is -2.32. The Kier molecular flexibility index (Phi) is 6.24. The van der Waals surface area contributed by atoms with E-state index in [0.29, 0.717) is 41.7 Å². The van der Waals surface area contributed by atoms with Crippen LogP contribution in [0.1, 0.15) is 22.4 Å². The molecule has 1 atom stereocenters. The van der Waals surface area contributed by atoms with Gasteiger partial charge in [-0.05, 0) is 30.9 Å². The fourth-order valence-electron chi connectivity index (χ4n) is 4.03. The van der Waals surface area contributed by atoms with Crippen molar-refractivity contribution in [2.24, 2.45) is 11.7 Å². The molecule has 0 fully saturated rings. The van der Waals surface area contributed by atoms with Crippen molar-refractivity contribution < 1.29 is 9.53 Å². The maximum Gasteiger partial charge on any atom is 0.225 e. The molecule has 2 aromatic heterocycles. The molecule has 9 nitrogen and oxygen atoms in total. The molecule has 1 amide bonds. The van der Waals surface area contributed by atoms with Gasteiger partial charge in [-0.3, -0.25) is 4.79 Å². The Hall–Kier alpha value is -3.24. The summed E-state index contributed by atoms with van der Waals surface area (Å²) in [6.07, 6.45) is 5.06. The number of aryl methyl sites for hydroxylation is 1. The SMILES string of the molecule is CN(C)C(=O)[C@H]1CCc2c(sc3ncnc(Nc4cc(C=N)c(N)cc4OCCN)c23)C1. The van der Waals surface area contributed by atoms with Crippen LogP contribution in [0.5, 0.6) is 5.75 Å². The first-order chi connectivity index (χ1) is 15.4. The van der Waals surface area contributed by atoms with Crippen LogP contribution in [0.3, 0.4) is 0 Å². The van der Waals surface area contributed by atoms with E-state index in [1.807, 2.05) is 0 Å². The number of nitrogen functional groups attached to an aromatic ring is 1. The molecular formula is C22H27N7O2S. The number of aromatic nitrogens is 2. The highest BCUT2D eigenvalue weighted by molar-refractivity contribution is 7.19. The number of nitrogens with two attached hydrogens (primary N) is 2. The second-order valence-electron chi connectivity index (χ2n) is 7.96. The Labute approximate surface area is 190 Å². The number of anilines is 3. The fourth-order valence-corrected chi connectivity index (χ4v) is 5.30. The lowest BCUT2D eigenvalue weighted by Gasteiger charge is -2.24.